The second kappa shape index (κ2) is 11.5. The van der Waals surface area contributed by atoms with Crippen LogP contribution >= 0.6 is 24.0 Å². The second-order valence-corrected chi connectivity index (χ2v) is 7.07. The highest BCUT2D eigenvalue weighted by Gasteiger charge is 2.10. The Morgan fingerprint density at radius 2 is 1.76 bits per heavy atom. The number of fused-ring (bicyclic) bond motifs is 1. The predicted octanol–water partition coefficient (Wildman–Crippen LogP) is 4.29. The molecule has 8 nitrogen and oxygen atoms in total. The van der Waals surface area contributed by atoms with Gasteiger partial charge >= 0.3 is 17.1 Å². The number of aromatic amines is 1. The number of H-pyrrole nitrogens is 1. The zero-order chi connectivity index (χ0) is 23.3. The van der Waals surface area contributed by atoms with Crippen molar-refractivity contribution in [3.63, 3.8) is 0 Å². The van der Waals surface area contributed by atoms with Crippen LogP contribution in [-0.2, 0) is 13.6 Å². The third kappa shape index (κ3) is 5.92. The molecule has 3 N–H and O–H groups in total. The van der Waals surface area contributed by atoms with E-state index in [1.54, 1.807) is 7.05 Å². The van der Waals surface area contributed by atoms with Gasteiger partial charge in [-0.05, 0) is 48.4 Å². The maximum Gasteiger partial charge on any atom is 0.319 e. The van der Waals surface area contributed by atoms with Crippen molar-refractivity contribution in [2.75, 3.05) is 5.32 Å². The van der Waals surface area contributed by atoms with Gasteiger partial charge < -0.3 is 24.8 Å². The topological polar surface area (TPSA) is 101 Å². The maximum absolute atomic E-state index is 12.1. The van der Waals surface area contributed by atoms with Gasteiger partial charge in [0.2, 0.25) is 0 Å². The van der Waals surface area contributed by atoms with E-state index >= 15 is 0 Å². The fourth-order valence-electron chi connectivity index (χ4n) is 3.35. The van der Waals surface area contributed by atoms with E-state index in [2.05, 4.69) is 15.6 Å². The van der Waals surface area contributed by atoms with Crippen molar-refractivity contribution in [3.05, 3.63) is 92.8 Å². The summed E-state index contributed by atoms with van der Waals surface area (Å²) in [6.45, 7) is 6.30. The molecule has 174 valence electrons. The summed E-state index contributed by atoms with van der Waals surface area (Å²) in [6.07, 6.45) is 3.81. The number of urea groups is 1. The van der Waals surface area contributed by atoms with Crippen LogP contribution in [0.5, 0.6) is 0 Å². The van der Waals surface area contributed by atoms with Gasteiger partial charge in [-0.1, -0.05) is 32.0 Å². The van der Waals surface area contributed by atoms with Crippen LogP contribution in [0.2, 0.25) is 0 Å². The van der Waals surface area contributed by atoms with Gasteiger partial charge in [0.15, 0.2) is 0 Å². The van der Waals surface area contributed by atoms with Crippen LogP contribution in [0.3, 0.4) is 0 Å². The monoisotopic (exact) mass is 561 g/mol. The molecule has 2 aromatic heterocycles. The smallest absolute Gasteiger partial charge is 0.319 e. The molecule has 0 atom stereocenters. The molecule has 0 fully saturated rings. The molecule has 0 aliphatic rings. The first kappa shape index (κ1) is 25.9. The number of anilines is 1. The average Bonchev–Trinajstić information content (AvgIpc) is 3.27. The minimum absolute atomic E-state index is 0. The zero-order valence-electron chi connectivity index (χ0n) is 19.0. The Bertz CT molecular complexity index is 1360. The van der Waals surface area contributed by atoms with Crippen molar-refractivity contribution in [2.24, 2.45) is 7.05 Å². The van der Waals surface area contributed by atoms with E-state index in [0.29, 0.717) is 17.6 Å². The summed E-state index contributed by atoms with van der Waals surface area (Å²) in [4.78, 5) is 38.4. The number of hydrogen-bond acceptors (Lipinski definition) is 3. The van der Waals surface area contributed by atoms with Crippen LogP contribution in [0.25, 0.3) is 16.7 Å². The number of rotatable bonds is 4. The largest absolute Gasteiger partial charge is 0.334 e. The van der Waals surface area contributed by atoms with Gasteiger partial charge in [0, 0.05) is 31.7 Å². The number of benzene rings is 2. The Hall–Kier alpha value is -3.34. The Morgan fingerprint density at radius 3 is 2.45 bits per heavy atom. The molecule has 2 amide bonds. The third-order valence-electron chi connectivity index (χ3n) is 4.94. The Kier molecular flexibility index (Phi) is 9.03. The zero-order valence-corrected chi connectivity index (χ0v) is 21.3. The van der Waals surface area contributed by atoms with E-state index < -0.39 is 11.1 Å². The van der Waals surface area contributed by atoms with Crippen molar-refractivity contribution in [2.45, 2.75) is 27.3 Å². The highest BCUT2D eigenvalue weighted by Crippen LogP contribution is 2.21. The quantitative estimate of drug-likeness (QED) is 0.256. The van der Waals surface area contributed by atoms with Crippen molar-refractivity contribution >= 4 is 46.7 Å². The van der Waals surface area contributed by atoms with Crippen molar-refractivity contribution in [1.82, 2.24) is 19.4 Å². The van der Waals surface area contributed by atoms with E-state index in [9.17, 15) is 14.4 Å². The Labute approximate surface area is 208 Å². The lowest BCUT2D eigenvalue weighted by Gasteiger charge is -2.11. The summed E-state index contributed by atoms with van der Waals surface area (Å²) in [7, 11) is 1.58. The summed E-state index contributed by atoms with van der Waals surface area (Å²) < 4.78 is 3.27. The van der Waals surface area contributed by atoms with Crippen LogP contribution in [0.15, 0.2) is 70.5 Å². The number of carbonyl (C=O) groups is 1. The second-order valence-electron chi connectivity index (χ2n) is 7.07. The summed E-state index contributed by atoms with van der Waals surface area (Å²) in [5.41, 5.74) is 3.47. The van der Waals surface area contributed by atoms with Crippen molar-refractivity contribution in [3.8, 4) is 5.69 Å². The number of para-hydroxylation sites is 1. The summed E-state index contributed by atoms with van der Waals surface area (Å²) in [5.74, 6) is 0. The molecular formula is C24H28IN5O3. The number of amides is 2. The van der Waals surface area contributed by atoms with E-state index in [1.165, 1.54) is 4.57 Å². The predicted molar refractivity (Wildman–Crippen MR) is 143 cm³/mol. The normalized spacial score (nSPS) is 10.1. The number of hydrogen-bond donors (Lipinski definition) is 3. The fourth-order valence-corrected chi connectivity index (χ4v) is 3.35. The van der Waals surface area contributed by atoms with Gasteiger partial charge in [-0.15, -0.1) is 24.0 Å². The molecule has 33 heavy (non-hydrogen) atoms. The number of nitrogens with zero attached hydrogens (tertiary/aromatic N) is 2. The van der Waals surface area contributed by atoms with Crippen LogP contribution in [0, 0.1) is 6.92 Å². The molecule has 2 aromatic carbocycles. The van der Waals surface area contributed by atoms with E-state index in [1.807, 2.05) is 86.3 Å². The first-order chi connectivity index (χ1) is 15.4. The van der Waals surface area contributed by atoms with Crippen LogP contribution in [0.4, 0.5) is 10.5 Å². The molecule has 0 aliphatic carbocycles. The lowest BCUT2D eigenvalue weighted by Crippen LogP contribution is -2.34. The standard InChI is InChI=1S/C22H21N5O3.C2H6.HI/c1-14-10-17-19(26(2)21(29)20(28)25-17)11-18(14)27-9-8-15(13-27)12-23-22(30)24-16-6-4-3-5-7-16;1-2;/h3-11,13H,12H2,1-2H3,(H,25,28)(H2,23,24,30);1-2H3;1H. The first-order valence-corrected chi connectivity index (χ1v) is 10.4. The van der Waals surface area contributed by atoms with Gasteiger partial charge in [0.25, 0.3) is 0 Å². The average molecular weight is 561 g/mol. The van der Waals surface area contributed by atoms with Crippen molar-refractivity contribution in [1.29, 1.82) is 0 Å². The Morgan fingerprint density at radius 1 is 1.06 bits per heavy atom. The van der Waals surface area contributed by atoms with Crippen LogP contribution in [-0.4, -0.2) is 20.1 Å². The number of nitrogens with one attached hydrogen (secondary N) is 3. The molecule has 0 unspecified atom stereocenters. The van der Waals surface area contributed by atoms with Crippen LogP contribution < -0.4 is 21.8 Å². The molecular weight excluding hydrogens is 533 g/mol. The van der Waals surface area contributed by atoms with E-state index in [4.69, 9.17) is 0 Å². The van der Waals surface area contributed by atoms with Gasteiger partial charge in [0.1, 0.15) is 0 Å². The summed E-state index contributed by atoms with van der Waals surface area (Å²) >= 11 is 0. The molecule has 2 heterocycles. The molecule has 0 saturated carbocycles. The summed E-state index contributed by atoms with van der Waals surface area (Å²) in [6, 6.07) is 14.6. The van der Waals surface area contributed by atoms with Gasteiger partial charge in [-0.2, -0.15) is 0 Å². The number of aryl methyl sites for hydroxylation is 2. The molecule has 0 aliphatic heterocycles. The molecule has 0 saturated heterocycles. The van der Waals surface area contributed by atoms with E-state index in [-0.39, 0.29) is 30.0 Å². The molecule has 9 heteroatoms. The summed E-state index contributed by atoms with van der Waals surface area (Å²) in [5, 5.41) is 5.61. The lowest BCUT2D eigenvalue weighted by atomic mass is 10.1. The third-order valence-corrected chi connectivity index (χ3v) is 4.94. The molecule has 0 radical (unpaired) electrons. The van der Waals surface area contributed by atoms with Crippen molar-refractivity contribution < 1.29 is 4.79 Å². The van der Waals surface area contributed by atoms with E-state index in [0.717, 1.165) is 22.5 Å². The number of aromatic nitrogens is 3. The first-order valence-electron chi connectivity index (χ1n) is 10.4. The maximum atomic E-state index is 12.1. The van der Waals surface area contributed by atoms with Gasteiger partial charge in [-0.25, -0.2) is 4.79 Å². The minimum atomic E-state index is -0.639. The molecule has 0 bridgehead atoms. The number of carbonyl (C=O) groups excluding carboxylic acids is 1. The number of halogens is 1. The molecule has 4 aromatic rings. The lowest BCUT2D eigenvalue weighted by molar-refractivity contribution is 0.251. The highest BCUT2D eigenvalue weighted by molar-refractivity contribution is 14.0. The van der Waals surface area contributed by atoms with Gasteiger partial charge in [-0.3, -0.25) is 9.59 Å². The minimum Gasteiger partial charge on any atom is -0.334 e. The van der Waals surface area contributed by atoms with Gasteiger partial charge in [0.05, 0.1) is 16.7 Å². The SMILES string of the molecule is CC.Cc1cc2[nH]c(=O)c(=O)n(C)c2cc1-n1ccc(CNC(=O)Nc2ccccc2)c1.I. The molecule has 0 spiro atoms. The Balaban J connectivity index is 0.00000125. The van der Waals surface area contributed by atoms with Crippen LogP contribution in [0.1, 0.15) is 25.0 Å². The molecule has 4 rings (SSSR count). The fraction of sp³-hybridized carbons (Fsp3) is 0.208. The highest BCUT2D eigenvalue weighted by atomic mass is 127.